The summed E-state index contributed by atoms with van der Waals surface area (Å²) in [5.74, 6) is -0.196. The molecule has 2 radical (unpaired) electrons. The van der Waals surface area contributed by atoms with Gasteiger partial charge in [0.2, 0.25) is 0 Å². The van der Waals surface area contributed by atoms with Crippen LogP contribution >= 0.6 is 0 Å². The Morgan fingerprint density at radius 3 is 1.50 bits per heavy atom. The van der Waals surface area contributed by atoms with Gasteiger partial charge in [0.25, 0.3) is 0 Å². The van der Waals surface area contributed by atoms with Crippen LogP contribution in [0.15, 0.2) is 48.5 Å². The van der Waals surface area contributed by atoms with E-state index in [-0.39, 0.29) is 23.8 Å². The van der Waals surface area contributed by atoms with Crippen molar-refractivity contribution >= 4 is 11.9 Å². The smallest absolute Gasteiger partial charge is 0.373 e. The van der Waals surface area contributed by atoms with Gasteiger partial charge in [-0.25, -0.2) is 9.59 Å². The number of rotatable bonds is 14. The minimum Gasteiger partial charge on any atom is -0.494 e. The van der Waals surface area contributed by atoms with Gasteiger partial charge < -0.3 is 9.47 Å². The van der Waals surface area contributed by atoms with E-state index in [2.05, 4.69) is 6.92 Å². The molecule has 0 unspecified atom stereocenters. The number of hydrogen-bond donors (Lipinski definition) is 0. The third kappa shape index (κ3) is 8.56. The van der Waals surface area contributed by atoms with Crippen LogP contribution in [-0.4, -0.2) is 25.2 Å². The highest BCUT2D eigenvalue weighted by atomic mass is 17.3. The van der Waals surface area contributed by atoms with Gasteiger partial charge in [0.1, 0.15) is 11.5 Å². The first-order valence-electron chi connectivity index (χ1n) is 10.5. The van der Waals surface area contributed by atoms with E-state index in [9.17, 15) is 9.59 Å². The molecule has 2 aromatic carbocycles. The molecule has 0 aromatic heterocycles. The largest absolute Gasteiger partial charge is 0.494 e. The van der Waals surface area contributed by atoms with Crippen molar-refractivity contribution in [3.8, 4) is 11.5 Å². The van der Waals surface area contributed by atoms with Crippen LogP contribution in [-0.2, 0) is 19.6 Å². The molecular weight excluding hydrogens is 416 g/mol. The zero-order chi connectivity index (χ0) is 23.2. The molecule has 0 aliphatic heterocycles. The lowest BCUT2D eigenvalue weighted by molar-refractivity contribution is -0.363. The van der Waals surface area contributed by atoms with Crippen LogP contribution in [0.5, 0.6) is 11.5 Å². The summed E-state index contributed by atoms with van der Waals surface area (Å²) >= 11 is 0. The van der Waals surface area contributed by atoms with Gasteiger partial charge in [-0.3, -0.25) is 9.78 Å². The average molecular weight is 444 g/mol. The minimum atomic E-state index is -0.732. The summed E-state index contributed by atoms with van der Waals surface area (Å²) in [7, 11) is 0. The summed E-state index contributed by atoms with van der Waals surface area (Å²) in [6, 6.07) is 12.8. The fourth-order valence-electron chi connectivity index (χ4n) is 2.52. The number of carbonyl (C=O) groups is 2. The Kier molecular flexibility index (Phi) is 11.1. The van der Waals surface area contributed by atoms with Gasteiger partial charge in [-0.15, -0.1) is 9.78 Å². The summed E-state index contributed by atoms with van der Waals surface area (Å²) in [5.41, 5.74) is 0.522. The monoisotopic (exact) mass is 444 g/mol. The number of carbonyl (C=O) groups excluding carboxylic acids is 2. The zero-order valence-electron chi connectivity index (χ0n) is 18.3. The third-order valence-corrected chi connectivity index (χ3v) is 4.10. The Morgan fingerprint density at radius 2 is 1.12 bits per heavy atom. The van der Waals surface area contributed by atoms with E-state index in [0.717, 1.165) is 6.42 Å². The maximum absolute atomic E-state index is 12.2. The highest BCUT2D eigenvalue weighted by Gasteiger charge is 2.21. The normalized spacial score (nSPS) is 10.6. The van der Waals surface area contributed by atoms with Crippen molar-refractivity contribution in [2.24, 2.45) is 0 Å². The van der Waals surface area contributed by atoms with Crippen molar-refractivity contribution in [1.29, 1.82) is 0 Å². The Balaban J connectivity index is 1.89. The first-order chi connectivity index (χ1) is 15.6. The molecule has 0 aliphatic carbocycles. The van der Waals surface area contributed by atoms with Crippen LogP contribution in [0.4, 0.5) is 0 Å². The lowest BCUT2D eigenvalue weighted by Crippen LogP contribution is -2.16. The first kappa shape index (κ1) is 25.2. The van der Waals surface area contributed by atoms with Gasteiger partial charge in [0.05, 0.1) is 24.3 Å². The molecule has 0 heterocycles. The van der Waals surface area contributed by atoms with Gasteiger partial charge in [0, 0.05) is 6.42 Å². The number of hydrogen-bond acceptors (Lipinski definition) is 8. The molecule has 172 valence electrons. The summed E-state index contributed by atoms with van der Waals surface area (Å²) in [6.07, 6.45) is 2.24. The van der Waals surface area contributed by atoms with Crippen LogP contribution in [0.25, 0.3) is 0 Å². The Morgan fingerprint density at radius 1 is 0.688 bits per heavy atom. The van der Waals surface area contributed by atoms with E-state index < -0.39 is 11.9 Å². The minimum absolute atomic E-state index is 0.156. The van der Waals surface area contributed by atoms with Crippen molar-refractivity contribution in [3.05, 3.63) is 72.9 Å². The molecule has 0 bridgehead atoms. The molecular formula is C24H28O8. The van der Waals surface area contributed by atoms with E-state index >= 15 is 0 Å². The lowest BCUT2D eigenvalue weighted by Gasteiger charge is -2.13. The fourth-order valence-corrected chi connectivity index (χ4v) is 2.52. The molecule has 8 nitrogen and oxygen atoms in total. The average Bonchev–Trinajstić information content (AvgIpc) is 2.81. The standard InChI is InChI=1S/C24H28O8/c1-4-7-8-9-22(29-31-23(25)18-10-14-20(15-11-18)27-5-2)30-32-24(26)19-12-16-21(17-13-19)28-6-3/h10-17H,1,4-9H2,2-3H3. The lowest BCUT2D eigenvalue weighted by atomic mass is 10.2. The van der Waals surface area contributed by atoms with Crippen LogP contribution in [0.3, 0.4) is 0 Å². The molecule has 32 heavy (non-hydrogen) atoms. The zero-order valence-corrected chi connectivity index (χ0v) is 18.3. The quantitative estimate of drug-likeness (QED) is 0.222. The van der Waals surface area contributed by atoms with Crippen molar-refractivity contribution in [2.75, 3.05) is 13.2 Å². The van der Waals surface area contributed by atoms with Crippen LogP contribution in [0.2, 0.25) is 0 Å². The van der Waals surface area contributed by atoms with Gasteiger partial charge in [-0.1, -0.05) is 19.8 Å². The maximum atomic E-state index is 12.2. The van der Waals surface area contributed by atoms with Crippen LogP contribution in [0, 0.1) is 13.2 Å². The van der Waals surface area contributed by atoms with Gasteiger partial charge in [-0.05, 0) is 68.8 Å². The summed E-state index contributed by atoms with van der Waals surface area (Å²) < 4.78 is 10.7. The SMILES string of the molecule is [CH2]CCCC[C](OOC(=O)c1ccc(OCC)cc1)OOC(=O)c1ccc(OCC)cc1. The van der Waals surface area contributed by atoms with Crippen LogP contribution < -0.4 is 9.47 Å². The van der Waals surface area contributed by atoms with E-state index in [4.69, 9.17) is 29.0 Å². The van der Waals surface area contributed by atoms with E-state index in [1.165, 1.54) is 0 Å². The number of unbranched alkanes of at least 4 members (excludes halogenated alkanes) is 2. The number of ether oxygens (including phenoxy) is 2. The van der Waals surface area contributed by atoms with Gasteiger partial charge >= 0.3 is 18.2 Å². The fraction of sp³-hybridized carbons (Fsp3) is 0.333. The van der Waals surface area contributed by atoms with Crippen molar-refractivity contribution in [1.82, 2.24) is 0 Å². The second-order valence-electron chi connectivity index (χ2n) is 6.51. The Hall–Kier alpha value is -3.10. The predicted molar refractivity (Wildman–Crippen MR) is 115 cm³/mol. The topological polar surface area (TPSA) is 89.5 Å². The molecule has 0 N–H and O–H groups in total. The summed E-state index contributed by atoms with van der Waals surface area (Å²) in [6.45, 7) is 8.54. The second kappa shape index (κ2) is 14.1. The second-order valence-corrected chi connectivity index (χ2v) is 6.51. The van der Waals surface area contributed by atoms with Crippen LogP contribution in [0.1, 0.15) is 60.2 Å². The van der Waals surface area contributed by atoms with E-state index in [1.807, 2.05) is 13.8 Å². The van der Waals surface area contributed by atoms with Gasteiger partial charge in [0.15, 0.2) is 0 Å². The molecule has 0 atom stereocenters. The molecule has 2 aromatic rings. The Labute approximate surface area is 188 Å². The van der Waals surface area contributed by atoms with Gasteiger partial charge in [-0.2, -0.15) is 0 Å². The molecule has 2 rings (SSSR count). The molecule has 0 fully saturated rings. The van der Waals surface area contributed by atoms with E-state index in [1.54, 1.807) is 48.5 Å². The first-order valence-corrected chi connectivity index (χ1v) is 10.5. The maximum Gasteiger partial charge on any atom is 0.373 e. The van der Waals surface area contributed by atoms with Crippen molar-refractivity contribution < 1.29 is 38.6 Å². The van der Waals surface area contributed by atoms with Crippen molar-refractivity contribution in [2.45, 2.75) is 39.5 Å². The molecule has 8 heteroatoms. The molecule has 0 spiro atoms. The molecule has 0 aliphatic rings. The molecule has 0 amide bonds. The van der Waals surface area contributed by atoms with E-state index in [0.29, 0.717) is 37.6 Å². The highest BCUT2D eigenvalue weighted by molar-refractivity contribution is 5.89. The summed E-state index contributed by atoms with van der Waals surface area (Å²) in [4.78, 5) is 44.1. The summed E-state index contributed by atoms with van der Waals surface area (Å²) in [5, 5.41) is 0. The third-order valence-electron chi connectivity index (χ3n) is 4.10. The van der Waals surface area contributed by atoms with Crippen molar-refractivity contribution in [3.63, 3.8) is 0 Å². The highest BCUT2D eigenvalue weighted by Crippen LogP contribution is 2.20. The molecule has 0 saturated heterocycles. The molecule has 0 saturated carbocycles. The Bertz CT molecular complexity index is 751. The number of benzene rings is 2. The predicted octanol–water partition coefficient (Wildman–Crippen LogP) is 5.24.